The largest absolute Gasteiger partial charge is 0.496 e. The van der Waals surface area contributed by atoms with Crippen molar-refractivity contribution in [1.29, 1.82) is 0 Å². The van der Waals surface area contributed by atoms with E-state index in [1.807, 2.05) is 18.2 Å². The lowest BCUT2D eigenvalue weighted by atomic mass is 9.99. The lowest BCUT2D eigenvalue weighted by Gasteiger charge is -2.18. The molecule has 0 fully saturated rings. The van der Waals surface area contributed by atoms with Crippen molar-refractivity contribution in [1.82, 2.24) is 5.43 Å². The minimum Gasteiger partial charge on any atom is -0.496 e. The lowest BCUT2D eigenvalue weighted by Crippen LogP contribution is -2.29. The summed E-state index contributed by atoms with van der Waals surface area (Å²) in [4.78, 5) is 0. The van der Waals surface area contributed by atoms with Crippen molar-refractivity contribution in [2.45, 2.75) is 12.5 Å². The molecule has 0 aromatic heterocycles. The van der Waals surface area contributed by atoms with Gasteiger partial charge in [-0.3, -0.25) is 11.3 Å². The number of halogens is 3. The molecule has 3 N–H and O–H groups in total. The number of benzene rings is 2. The number of hydrazine groups is 1. The minimum atomic E-state index is -0.264. The van der Waals surface area contributed by atoms with Gasteiger partial charge in [0.15, 0.2) is 0 Å². The smallest absolute Gasteiger partial charge is 0.133 e. The monoisotopic (exact) mass is 416 g/mol. The molecule has 2 aromatic carbocycles. The fourth-order valence-corrected chi connectivity index (χ4v) is 3.06. The van der Waals surface area contributed by atoms with Gasteiger partial charge in [-0.1, -0.05) is 22.0 Å². The van der Waals surface area contributed by atoms with Gasteiger partial charge in [-0.2, -0.15) is 0 Å². The second kappa shape index (κ2) is 7.35. The molecule has 0 saturated carbocycles. The third-order valence-corrected chi connectivity index (χ3v) is 4.60. The Morgan fingerprint density at radius 2 is 1.95 bits per heavy atom. The van der Waals surface area contributed by atoms with Crippen LogP contribution in [0.4, 0.5) is 4.39 Å². The number of methoxy groups -OCH3 is 1. The average Bonchev–Trinajstić information content (AvgIpc) is 2.48. The van der Waals surface area contributed by atoms with Crippen LogP contribution in [0.5, 0.6) is 5.75 Å². The van der Waals surface area contributed by atoms with E-state index in [9.17, 15) is 4.39 Å². The molecule has 3 nitrogen and oxygen atoms in total. The molecule has 0 saturated heterocycles. The van der Waals surface area contributed by atoms with Crippen LogP contribution in [0.3, 0.4) is 0 Å². The van der Waals surface area contributed by atoms with Crippen LogP contribution in [0, 0.1) is 5.82 Å². The predicted octanol–water partition coefficient (Wildman–Crippen LogP) is 4.11. The van der Waals surface area contributed by atoms with Gasteiger partial charge in [0.05, 0.1) is 17.6 Å². The molecule has 0 bridgehead atoms. The van der Waals surface area contributed by atoms with E-state index >= 15 is 0 Å². The van der Waals surface area contributed by atoms with Crippen molar-refractivity contribution in [2.75, 3.05) is 7.11 Å². The number of hydrogen-bond acceptors (Lipinski definition) is 3. The van der Waals surface area contributed by atoms with Gasteiger partial charge in [0.25, 0.3) is 0 Å². The summed E-state index contributed by atoms with van der Waals surface area (Å²) in [6, 6.07) is 10.2. The van der Waals surface area contributed by atoms with Crippen molar-refractivity contribution < 1.29 is 9.13 Å². The van der Waals surface area contributed by atoms with Gasteiger partial charge in [-0.25, -0.2) is 4.39 Å². The molecular weight excluding hydrogens is 403 g/mol. The van der Waals surface area contributed by atoms with E-state index in [1.165, 1.54) is 12.1 Å². The minimum absolute atomic E-state index is 0.134. The molecule has 2 rings (SSSR count). The van der Waals surface area contributed by atoms with Crippen molar-refractivity contribution in [2.24, 2.45) is 5.84 Å². The van der Waals surface area contributed by atoms with Crippen molar-refractivity contribution in [3.63, 3.8) is 0 Å². The summed E-state index contributed by atoms with van der Waals surface area (Å²) < 4.78 is 20.3. The van der Waals surface area contributed by atoms with E-state index in [1.54, 1.807) is 13.2 Å². The topological polar surface area (TPSA) is 47.3 Å². The highest BCUT2D eigenvalue weighted by Gasteiger charge is 2.14. The molecule has 0 heterocycles. The van der Waals surface area contributed by atoms with Crippen LogP contribution in [-0.2, 0) is 6.42 Å². The van der Waals surface area contributed by atoms with Gasteiger partial charge in [0, 0.05) is 4.47 Å². The molecule has 0 radical (unpaired) electrons. The zero-order chi connectivity index (χ0) is 15.4. The number of nitrogens with two attached hydrogens (primary N) is 1. The zero-order valence-electron chi connectivity index (χ0n) is 11.4. The summed E-state index contributed by atoms with van der Waals surface area (Å²) in [5.41, 5.74) is 4.61. The summed E-state index contributed by atoms with van der Waals surface area (Å²) in [6.07, 6.45) is 0.563. The molecule has 6 heteroatoms. The first-order valence-corrected chi connectivity index (χ1v) is 7.87. The molecule has 21 heavy (non-hydrogen) atoms. The molecule has 1 unspecified atom stereocenters. The first kappa shape index (κ1) is 16.4. The van der Waals surface area contributed by atoms with E-state index in [0.29, 0.717) is 6.42 Å². The number of nitrogens with one attached hydrogen (secondary N) is 1. The third kappa shape index (κ3) is 4.03. The van der Waals surface area contributed by atoms with E-state index in [0.717, 1.165) is 25.8 Å². The third-order valence-electron chi connectivity index (χ3n) is 3.21. The zero-order valence-corrected chi connectivity index (χ0v) is 14.5. The van der Waals surface area contributed by atoms with Crippen molar-refractivity contribution >= 4 is 31.9 Å². The Morgan fingerprint density at radius 1 is 1.19 bits per heavy atom. The summed E-state index contributed by atoms with van der Waals surface area (Å²) in [6.45, 7) is 0. The Bertz CT molecular complexity index is 637. The summed E-state index contributed by atoms with van der Waals surface area (Å²) in [5.74, 6) is 6.14. The van der Waals surface area contributed by atoms with Crippen LogP contribution >= 0.6 is 31.9 Å². The quantitative estimate of drug-likeness (QED) is 0.568. The van der Waals surface area contributed by atoms with E-state index in [2.05, 4.69) is 37.3 Å². The highest BCUT2D eigenvalue weighted by molar-refractivity contribution is 9.10. The van der Waals surface area contributed by atoms with E-state index in [4.69, 9.17) is 10.6 Å². The fraction of sp³-hybridized carbons (Fsp3) is 0.200. The van der Waals surface area contributed by atoms with Crippen molar-refractivity contribution in [3.05, 3.63) is 62.3 Å². The molecule has 112 valence electrons. The maximum Gasteiger partial charge on any atom is 0.133 e. The fourth-order valence-electron chi connectivity index (χ4n) is 2.09. The first-order chi connectivity index (χ1) is 10.0. The standard InChI is InChI=1S/C15H15Br2FN2O/c1-21-15-5-2-9(7-13(15)17)14(20-19)8-10-6-11(18)3-4-12(10)16/h2-7,14,20H,8,19H2,1H3. The molecule has 0 spiro atoms. The SMILES string of the molecule is COc1ccc(C(Cc2cc(F)ccc2Br)NN)cc1Br. The van der Waals surface area contributed by atoms with Crippen LogP contribution < -0.4 is 16.0 Å². The maximum atomic E-state index is 13.4. The van der Waals surface area contributed by atoms with Gasteiger partial charge in [0.1, 0.15) is 11.6 Å². The molecule has 0 aliphatic carbocycles. The van der Waals surface area contributed by atoms with Gasteiger partial charge in [-0.05, 0) is 63.8 Å². The van der Waals surface area contributed by atoms with Crippen LogP contribution in [0.1, 0.15) is 17.2 Å². The highest BCUT2D eigenvalue weighted by atomic mass is 79.9. The Labute approximate surface area is 139 Å². The summed E-state index contributed by atoms with van der Waals surface area (Å²) >= 11 is 6.89. The molecule has 1 atom stereocenters. The average molecular weight is 418 g/mol. The molecule has 2 aromatic rings. The van der Waals surface area contributed by atoms with Gasteiger partial charge >= 0.3 is 0 Å². The summed E-state index contributed by atoms with van der Waals surface area (Å²) in [7, 11) is 1.61. The highest BCUT2D eigenvalue weighted by Crippen LogP contribution is 2.30. The van der Waals surface area contributed by atoms with Gasteiger partial charge < -0.3 is 4.74 Å². The Kier molecular flexibility index (Phi) is 5.75. The number of hydrogen-bond donors (Lipinski definition) is 2. The second-order valence-electron chi connectivity index (χ2n) is 4.55. The van der Waals surface area contributed by atoms with E-state index in [-0.39, 0.29) is 11.9 Å². The Morgan fingerprint density at radius 3 is 2.57 bits per heavy atom. The Balaban J connectivity index is 2.27. The van der Waals surface area contributed by atoms with Crippen LogP contribution in [0.2, 0.25) is 0 Å². The summed E-state index contributed by atoms with van der Waals surface area (Å²) in [5, 5.41) is 0. The molecule has 0 amide bonds. The van der Waals surface area contributed by atoms with Crippen LogP contribution in [0.25, 0.3) is 0 Å². The van der Waals surface area contributed by atoms with Crippen molar-refractivity contribution in [3.8, 4) is 5.75 Å². The van der Waals surface area contributed by atoms with Crippen LogP contribution in [0.15, 0.2) is 45.3 Å². The first-order valence-electron chi connectivity index (χ1n) is 6.28. The van der Waals surface area contributed by atoms with Crippen LogP contribution in [-0.4, -0.2) is 7.11 Å². The lowest BCUT2D eigenvalue weighted by molar-refractivity contribution is 0.411. The van der Waals surface area contributed by atoms with E-state index < -0.39 is 0 Å². The number of ether oxygens (including phenoxy) is 1. The molecular formula is C15H15Br2FN2O. The van der Waals surface area contributed by atoms with Gasteiger partial charge in [-0.15, -0.1) is 0 Å². The Hall–Kier alpha value is -0.950. The van der Waals surface area contributed by atoms with Gasteiger partial charge in [0.2, 0.25) is 0 Å². The number of rotatable bonds is 5. The normalized spacial score (nSPS) is 12.2. The maximum absolute atomic E-state index is 13.4. The molecule has 0 aliphatic rings. The second-order valence-corrected chi connectivity index (χ2v) is 6.26. The predicted molar refractivity (Wildman–Crippen MR) is 88.6 cm³/mol. The molecule has 0 aliphatic heterocycles.